The Bertz CT molecular complexity index is 384. The van der Waals surface area contributed by atoms with Gasteiger partial charge in [0.2, 0.25) is 0 Å². The highest BCUT2D eigenvalue weighted by Crippen LogP contribution is 2.22. The third kappa shape index (κ3) is 5.38. The highest BCUT2D eigenvalue weighted by molar-refractivity contribution is 6.32. The van der Waals surface area contributed by atoms with Gasteiger partial charge in [0.05, 0.1) is 5.02 Å². The molecule has 0 aliphatic heterocycles. The van der Waals surface area contributed by atoms with Crippen LogP contribution in [0.3, 0.4) is 0 Å². The van der Waals surface area contributed by atoms with E-state index in [0.717, 1.165) is 0 Å². The monoisotopic (exact) mass is 271 g/mol. The largest absolute Gasteiger partial charge is 0.482 e. The number of carbonyl (C=O) groups excluding carboxylic acids is 1. The number of rotatable bonds is 7. The summed E-state index contributed by atoms with van der Waals surface area (Å²) in [5, 5.41) is 12.0. The molecule has 0 fully saturated rings. The van der Waals surface area contributed by atoms with Crippen LogP contribution in [-0.4, -0.2) is 30.8 Å². The third-order valence-corrected chi connectivity index (χ3v) is 2.78. The Hall–Kier alpha value is -1.26. The fraction of sp³-hybridized carbons (Fsp3) is 0.462. The lowest BCUT2D eigenvalue weighted by Gasteiger charge is -2.12. The molecule has 1 amide bonds. The quantitative estimate of drug-likeness (QED) is 0.796. The SMILES string of the molecule is CC(CCO)CNC(=O)COc1ccccc1Cl. The van der Waals surface area contributed by atoms with Crippen molar-refractivity contribution in [2.75, 3.05) is 19.8 Å². The van der Waals surface area contributed by atoms with E-state index in [1.807, 2.05) is 6.92 Å². The predicted octanol–water partition coefficient (Wildman–Crippen LogP) is 1.85. The topological polar surface area (TPSA) is 58.6 Å². The molecule has 0 aliphatic carbocycles. The summed E-state index contributed by atoms with van der Waals surface area (Å²) < 4.78 is 5.30. The Morgan fingerprint density at radius 1 is 1.50 bits per heavy atom. The first-order valence-corrected chi connectivity index (χ1v) is 6.26. The van der Waals surface area contributed by atoms with Crippen molar-refractivity contribution in [3.63, 3.8) is 0 Å². The van der Waals surface area contributed by atoms with Crippen LogP contribution in [0.2, 0.25) is 5.02 Å². The van der Waals surface area contributed by atoms with Gasteiger partial charge >= 0.3 is 0 Å². The first kappa shape index (κ1) is 14.8. The molecule has 0 bridgehead atoms. The molecule has 2 N–H and O–H groups in total. The van der Waals surface area contributed by atoms with E-state index in [0.29, 0.717) is 23.7 Å². The van der Waals surface area contributed by atoms with Crippen LogP contribution in [0.4, 0.5) is 0 Å². The van der Waals surface area contributed by atoms with Crippen LogP contribution in [0.15, 0.2) is 24.3 Å². The molecule has 0 saturated heterocycles. The van der Waals surface area contributed by atoms with Crippen molar-refractivity contribution in [1.29, 1.82) is 0 Å². The molecule has 1 atom stereocenters. The minimum Gasteiger partial charge on any atom is -0.482 e. The number of nitrogens with one attached hydrogen (secondary N) is 1. The number of benzene rings is 1. The lowest BCUT2D eigenvalue weighted by molar-refractivity contribution is -0.123. The van der Waals surface area contributed by atoms with Crippen molar-refractivity contribution in [1.82, 2.24) is 5.32 Å². The van der Waals surface area contributed by atoms with Crippen molar-refractivity contribution < 1.29 is 14.6 Å². The molecule has 1 aromatic rings. The standard InChI is InChI=1S/C13H18ClNO3/c1-10(6-7-16)8-15-13(17)9-18-12-5-3-2-4-11(12)14/h2-5,10,16H,6-9H2,1H3,(H,15,17). The average molecular weight is 272 g/mol. The molecule has 4 nitrogen and oxygen atoms in total. The molecule has 0 spiro atoms. The molecule has 0 heterocycles. The lowest BCUT2D eigenvalue weighted by atomic mass is 10.1. The van der Waals surface area contributed by atoms with Crippen LogP contribution in [0.1, 0.15) is 13.3 Å². The Morgan fingerprint density at radius 3 is 2.89 bits per heavy atom. The summed E-state index contributed by atoms with van der Waals surface area (Å²) in [6.07, 6.45) is 0.672. The fourth-order valence-electron chi connectivity index (χ4n) is 1.37. The molecule has 18 heavy (non-hydrogen) atoms. The number of carbonyl (C=O) groups is 1. The zero-order valence-electron chi connectivity index (χ0n) is 10.4. The number of hydrogen-bond donors (Lipinski definition) is 2. The lowest BCUT2D eigenvalue weighted by Crippen LogP contribution is -2.32. The molecule has 100 valence electrons. The maximum absolute atomic E-state index is 11.5. The molecule has 0 aliphatic rings. The predicted molar refractivity (Wildman–Crippen MR) is 70.8 cm³/mol. The van der Waals surface area contributed by atoms with E-state index >= 15 is 0 Å². The smallest absolute Gasteiger partial charge is 0.257 e. The molecular formula is C13H18ClNO3. The van der Waals surface area contributed by atoms with Gasteiger partial charge in [0.25, 0.3) is 5.91 Å². The summed E-state index contributed by atoms with van der Waals surface area (Å²) in [5.41, 5.74) is 0. The normalized spacial score (nSPS) is 11.9. The molecule has 1 aromatic carbocycles. The molecule has 1 unspecified atom stereocenters. The van der Waals surface area contributed by atoms with Crippen LogP contribution in [0.5, 0.6) is 5.75 Å². The van der Waals surface area contributed by atoms with Gasteiger partial charge in [0, 0.05) is 13.2 Å². The summed E-state index contributed by atoms with van der Waals surface area (Å²) in [6.45, 7) is 2.57. The van der Waals surface area contributed by atoms with Crippen molar-refractivity contribution in [3.8, 4) is 5.75 Å². The van der Waals surface area contributed by atoms with Gasteiger partial charge in [-0.05, 0) is 24.5 Å². The maximum atomic E-state index is 11.5. The average Bonchev–Trinajstić information content (AvgIpc) is 2.36. The van der Waals surface area contributed by atoms with Gasteiger partial charge in [-0.25, -0.2) is 0 Å². The van der Waals surface area contributed by atoms with Crippen molar-refractivity contribution in [3.05, 3.63) is 29.3 Å². The molecule has 5 heteroatoms. The molecule has 0 aromatic heterocycles. The Morgan fingerprint density at radius 2 is 2.22 bits per heavy atom. The van der Waals surface area contributed by atoms with E-state index < -0.39 is 0 Å². The molecule has 0 saturated carbocycles. The van der Waals surface area contributed by atoms with Crippen molar-refractivity contribution in [2.45, 2.75) is 13.3 Å². The number of amides is 1. The number of aliphatic hydroxyl groups is 1. The second kappa shape index (κ2) is 7.95. The van der Waals surface area contributed by atoms with E-state index in [1.54, 1.807) is 24.3 Å². The first-order valence-electron chi connectivity index (χ1n) is 5.88. The van der Waals surface area contributed by atoms with Crippen LogP contribution in [-0.2, 0) is 4.79 Å². The number of para-hydroxylation sites is 1. The zero-order chi connectivity index (χ0) is 13.4. The van der Waals surface area contributed by atoms with Crippen LogP contribution in [0, 0.1) is 5.92 Å². The number of hydrogen-bond acceptors (Lipinski definition) is 3. The van der Waals surface area contributed by atoms with E-state index in [1.165, 1.54) is 0 Å². The minimum atomic E-state index is -0.195. The molecule has 0 radical (unpaired) electrons. The maximum Gasteiger partial charge on any atom is 0.257 e. The second-order valence-electron chi connectivity index (χ2n) is 4.14. The third-order valence-electron chi connectivity index (χ3n) is 2.47. The van der Waals surface area contributed by atoms with Gasteiger partial charge < -0.3 is 15.2 Å². The van der Waals surface area contributed by atoms with Crippen LogP contribution < -0.4 is 10.1 Å². The number of aliphatic hydroxyl groups excluding tert-OH is 1. The molecule has 1 rings (SSSR count). The Labute approximate surface area is 112 Å². The Balaban J connectivity index is 2.27. The first-order chi connectivity index (χ1) is 8.63. The van der Waals surface area contributed by atoms with Gasteiger partial charge in [0.1, 0.15) is 5.75 Å². The summed E-state index contributed by atoms with van der Waals surface area (Å²) >= 11 is 5.89. The number of ether oxygens (including phenoxy) is 1. The summed E-state index contributed by atoms with van der Waals surface area (Å²) in [6, 6.07) is 7.01. The van der Waals surface area contributed by atoms with Crippen molar-refractivity contribution in [2.24, 2.45) is 5.92 Å². The van der Waals surface area contributed by atoms with Gasteiger partial charge in [-0.1, -0.05) is 30.7 Å². The zero-order valence-corrected chi connectivity index (χ0v) is 11.1. The van der Waals surface area contributed by atoms with Crippen LogP contribution in [0.25, 0.3) is 0 Å². The van der Waals surface area contributed by atoms with Gasteiger partial charge in [-0.15, -0.1) is 0 Å². The van der Waals surface area contributed by atoms with E-state index in [4.69, 9.17) is 21.4 Å². The van der Waals surface area contributed by atoms with Gasteiger partial charge in [-0.3, -0.25) is 4.79 Å². The van der Waals surface area contributed by atoms with E-state index in [9.17, 15) is 4.79 Å². The van der Waals surface area contributed by atoms with Crippen molar-refractivity contribution >= 4 is 17.5 Å². The summed E-state index contributed by atoms with van der Waals surface area (Å²) in [7, 11) is 0. The fourth-order valence-corrected chi connectivity index (χ4v) is 1.56. The minimum absolute atomic E-state index is 0.0599. The van der Waals surface area contributed by atoms with Gasteiger partial charge in [-0.2, -0.15) is 0 Å². The number of halogens is 1. The summed E-state index contributed by atoms with van der Waals surface area (Å²) in [4.78, 5) is 11.5. The Kier molecular flexibility index (Phi) is 6.54. The second-order valence-corrected chi connectivity index (χ2v) is 4.55. The molecular weight excluding hydrogens is 254 g/mol. The van der Waals surface area contributed by atoms with Gasteiger partial charge in [0.15, 0.2) is 6.61 Å². The highest BCUT2D eigenvalue weighted by atomic mass is 35.5. The summed E-state index contributed by atoms with van der Waals surface area (Å²) in [5.74, 6) is 0.552. The van der Waals surface area contributed by atoms with Crippen LogP contribution >= 0.6 is 11.6 Å². The van der Waals surface area contributed by atoms with E-state index in [-0.39, 0.29) is 25.0 Å². The highest BCUT2D eigenvalue weighted by Gasteiger charge is 2.07. The van der Waals surface area contributed by atoms with E-state index in [2.05, 4.69) is 5.32 Å².